The first kappa shape index (κ1) is 17.5. The molecule has 4 rings (SSSR count). The number of ketones is 1. The van der Waals surface area contributed by atoms with E-state index in [1.807, 2.05) is 30.3 Å². The van der Waals surface area contributed by atoms with E-state index in [9.17, 15) is 9.59 Å². The highest BCUT2D eigenvalue weighted by Crippen LogP contribution is 2.32. The number of methoxy groups -OCH3 is 2. The molecular formula is C21H23N2O4+. The lowest BCUT2D eigenvalue weighted by Crippen LogP contribution is -3.12. The quantitative estimate of drug-likeness (QED) is 0.816. The third kappa shape index (κ3) is 2.96. The van der Waals surface area contributed by atoms with Crippen LogP contribution in [0.2, 0.25) is 0 Å². The standard InChI is InChI=1S/C21H22N2O4/c1-26-14-9-10-15(19(12-14)27-2)17-8-5-11-22(17)13-23-18-7-4-3-6-16(18)20(24)21(23)25/h3-4,6-7,9-10,12,17H,5,8,11,13H2,1-2H3/p+1/t17-/m1/s1. The number of anilines is 1. The van der Waals surface area contributed by atoms with Gasteiger partial charge in [0.1, 0.15) is 17.5 Å². The van der Waals surface area contributed by atoms with Crippen molar-refractivity contribution >= 4 is 17.4 Å². The van der Waals surface area contributed by atoms with Gasteiger partial charge in [-0.25, -0.2) is 0 Å². The fourth-order valence-electron chi connectivity index (χ4n) is 4.19. The first-order valence-electron chi connectivity index (χ1n) is 9.15. The van der Waals surface area contributed by atoms with Gasteiger partial charge in [0.2, 0.25) is 0 Å². The zero-order valence-corrected chi connectivity index (χ0v) is 15.5. The van der Waals surface area contributed by atoms with E-state index in [1.54, 1.807) is 31.3 Å². The number of ether oxygens (including phenoxy) is 2. The van der Waals surface area contributed by atoms with E-state index in [-0.39, 0.29) is 6.04 Å². The van der Waals surface area contributed by atoms with Gasteiger partial charge >= 0.3 is 5.91 Å². The molecule has 1 fully saturated rings. The predicted molar refractivity (Wildman–Crippen MR) is 100 cm³/mol. The summed E-state index contributed by atoms with van der Waals surface area (Å²) in [4.78, 5) is 27.7. The first-order chi connectivity index (χ1) is 13.1. The number of fused-ring (bicyclic) bond motifs is 1. The highest BCUT2D eigenvalue weighted by atomic mass is 16.5. The molecule has 0 spiro atoms. The lowest BCUT2D eigenvalue weighted by Gasteiger charge is -2.27. The molecule has 6 nitrogen and oxygen atoms in total. The molecule has 2 aliphatic heterocycles. The molecule has 2 aromatic carbocycles. The van der Waals surface area contributed by atoms with Crippen molar-refractivity contribution in [3.8, 4) is 11.5 Å². The summed E-state index contributed by atoms with van der Waals surface area (Å²) in [6.07, 6.45) is 2.07. The van der Waals surface area contributed by atoms with E-state index in [4.69, 9.17) is 9.47 Å². The highest BCUT2D eigenvalue weighted by molar-refractivity contribution is 6.52. The van der Waals surface area contributed by atoms with Crippen LogP contribution in [0.25, 0.3) is 0 Å². The molecule has 0 saturated carbocycles. The van der Waals surface area contributed by atoms with Crippen molar-refractivity contribution in [1.82, 2.24) is 0 Å². The molecule has 0 radical (unpaired) electrons. The molecule has 2 aliphatic rings. The summed E-state index contributed by atoms with van der Waals surface area (Å²) in [7, 11) is 3.29. The summed E-state index contributed by atoms with van der Waals surface area (Å²) in [5.41, 5.74) is 2.32. The van der Waals surface area contributed by atoms with Gasteiger partial charge in [0.05, 0.1) is 37.6 Å². The van der Waals surface area contributed by atoms with Crippen molar-refractivity contribution in [3.63, 3.8) is 0 Å². The Balaban J connectivity index is 1.62. The fourth-order valence-corrected chi connectivity index (χ4v) is 4.19. The van der Waals surface area contributed by atoms with Gasteiger partial charge < -0.3 is 14.4 Å². The number of benzene rings is 2. The number of hydrogen-bond acceptors (Lipinski definition) is 4. The number of quaternary nitrogens is 1. The molecule has 140 valence electrons. The first-order valence-corrected chi connectivity index (χ1v) is 9.15. The molecule has 0 aromatic heterocycles. The van der Waals surface area contributed by atoms with Crippen molar-refractivity contribution in [2.45, 2.75) is 18.9 Å². The molecule has 0 aliphatic carbocycles. The average molecular weight is 367 g/mol. The van der Waals surface area contributed by atoms with Crippen LogP contribution in [-0.4, -0.2) is 39.1 Å². The summed E-state index contributed by atoms with van der Waals surface area (Å²) in [6, 6.07) is 13.3. The summed E-state index contributed by atoms with van der Waals surface area (Å²) in [6.45, 7) is 1.42. The van der Waals surface area contributed by atoms with E-state index in [0.29, 0.717) is 17.9 Å². The van der Waals surface area contributed by atoms with E-state index in [0.717, 1.165) is 36.4 Å². The number of rotatable bonds is 5. The zero-order chi connectivity index (χ0) is 19.0. The molecule has 2 atom stereocenters. The number of carbonyl (C=O) groups is 2. The van der Waals surface area contributed by atoms with Crippen molar-refractivity contribution in [3.05, 3.63) is 53.6 Å². The van der Waals surface area contributed by atoms with Crippen molar-refractivity contribution in [2.24, 2.45) is 0 Å². The number of hydrogen-bond donors (Lipinski definition) is 1. The fraction of sp³-hybridized carbons (Fsp3) is 0.333. The second-order valence-corrected chi connectivity index (χ2v) is 6.95. The number of likely N-dealkylation sites (tertiary alicyclic amines) is 1. The number of carbonyl (C=O) groups excluding carboxylic acids is 2. The summed E-state index contributed by atoms with van der Waals surface area (Å²) < 4.78 is 10.9. The Hall–Kier alpha value is -2.86. The lowest BCUT2D eigenvalue weighted by molar-refractivity contribution is -0.917. The summed E-state index contributed by atoms with van der Waals surface area (Å²) in [5.74, 6) is 0.700. The van der Waals surface area contributed by atoms with Gasteiger partial charge in [-0.3, -0.25) is 14.5 Å². The summed E-state index contributed by atoms with van der Waals surface area (Å²) in [5, 5.41) is 0. The molecule has 27 heavy (non-hydrogen) atoms. The maximum Gasteiger partial charge on any atom is 0.303 e. The third-order valence-corrected chi connectivity index (χ3v) is 5.54. The molecule has 2 aromatic rings. The van der Waals surface area contributed by atoms with Crippen LogP contribution >= 0.6 is 0 Å². The monoisotopic (exact) mass is 367 g/mol. The van der Waals surface area contributed by atoms with Gasteiger partial charge in [-0.15, -0.1) is 0 Å². The van der Waals surface area contributed by atoms with Gasteiger partial charge in [-0.05, 0) is 24.3 Å². The molecule has 0 bridgehead atoms. The minimum Gasteiger partial charge on any atom is -0.497 e. The van der Waals surface area contributed by atoms with Gasteiger partial charge in [-0.1, -0.05) is 12.1 Å². The SMILES string of the molecule is COc1ccc([C@H]2CCC[NH+]2CN2C(=O)C(=O)c3ccccc32)c(OC)c1. The highest BCUT2D eigenvalue weighted by Gasteiger charge is 2.41. The zero-order valence-electron chi connectivity index (χ0n) is 15.5. The number of nitrogens with zero attached hydrogens (tertiary/aromatic N) is 1. The summed E-state index contributed by atoms with van der Waals surface area (Å²) >= 11 is 0. The van der Waals surface area contributed by atoms with Crippen molar-refractivity contribution in [2.75, 3.05) is 32.3 Å². The van der Waals surface area contributed by atoms with Crippen LogP contribution in [0.15, 0.2) is 42.5 Å². The van der Waals surface area contributed by atoms with E-state index in [2.05, 4.69) is 0 Å². The molecule has 6 heteroatoms. The Kier molecular flexibility index (Phi) is 4.58. The van der Waals surface area contributed by atoms with Gasteiger partial charge in [0.25, 0.3) is 5.78 Å². The number of Topliss-reactive ketones (excluding diaryl/α,β-unsaturated/α-hetero) is 1. The number of para-hydroxylation sites is 1. The van der Waals surface area contributed by atoms with Crippen LogP contribution in [0.1, 0.15) is 34.8 Å². The second kappa shape index (κ2) is 7.04. The minimum absolute atomic E-state index is 0.210. The van der Waals surface area contributed by atoms with E-state index >= 15 is 0 Å². The Bertz CT molecular complexity index is 896. The van der Waals surface area contributed by atoms with E-state index < -0.39 is 11.7 Å². The van der Waals surface area contributed by atoms with E-state index in [1.165, 1.54) is 4.90 Å². The Morgan fingerprint density at radius 2 is 1.93 bits per heavy atom. The molecule has 2 heterocycles. The predicted octanol–water partition coefficient (Wildman–Crippen LogP) is 1.61. The van der Waals surface area contributed by atoms with Crippen molar-refractivity contribution < 1.29 is 24.0 Å². The molecule has 1 unspecified atom stereocenters. The Morgan fingerprint density at radius 1 is 1.11 bits per heavy atom. The Morgan fingerprint density at radius 3 is 2.70 bits per heavy atom. The van der Waals surface area contributed by atoms with Crippen LogP contribution in [0.5, 0.6) is 11.5 Å². The van der Waals surface area contributed by atoms with Crippen molar-refractivity contribution in [1.29, 1.82) is 0 Å². The maximum absolute atomic E-state index is 12.5. The van der Waals surface area contributed by atoms with Crippen LogP contribution in [0.3, 0.4) is 0 Å². The number of amides is 1. The third-order valence-electron chi connectivity index (χ3n) is 5.54. The smallest absolute Gasteiger partial charge is 0.303 e. The van der Waals surface area contributed by atoms with Crippen LogP contribution in [0, 0.1) is 0 Å². The van der Waals surface area contributed by atoms with Gasteiger partial charge in [-0.2, -0.15) is 0 Å². The van der Waals surface area contributed by atoms with Crippen LogP contribution in [0.4, 0.5) is 5.69 Å². The lowest BCUT2D eigenvalue weighted by atomic mass is 10.0. The van der Waals surface area contributed by atoms with Crippen LogP contribution < -0.4 is 19.3 Å². The molecule has 1 N–H and O–H groups in total. The van der Waals surface area contributed by atoms with Gasteiger partial charge in [0, 0.05) is 18.9 Å². The molecular weight excluding hydrogens is 344 g/mol. The maximum atomic E-state index is 12.5. The van der Waals surface area contributed by atoms with Gasteiger partial charge in [0.15, 0.2) is 6.67 Å². The normalized spacial score (nSPS) is 21.5. The molecule has 1 amide bonds. The van der Waals surface area contributed by atoms with Crippen LogP contribution in [-0.2, 0) is 4.79 Å². The minimum atomic E-state index is -0.434. The average Bonchev–Trinajstić information content (AvgIpc) is 3.26. The topological polar surface area (TPSA) is 60.3 Å². The number of nitrogens with one attached hydrogen (secondary N) is 1. The second-order valence-electron chi connectivity index (χ2n) is 6.95. The molecule has 1 saturated heterocycles. The largest absolute Gasteiger partial charge is 0.497 e. The Labute approximate surface area is 158 Å².